The van der Waals surface area contributed by atoms with Crippen LogP contribution in [-0.4, -0.2) is 31.0 Å². The molecule has 0 fully saturated rings. The zero-order chi connectivity index (χ0) is 20.4. The molecule has 0 heterocycles. The molecule has 2 rings (SSSR count). The van der Waals surface area contributed by atoms with Crippen LogP contribution in [0.5, 0.6) is 5.75 Å². The molecule has 0 bridgehead atoms. The monoisotopic (exact) mass is 404 g/mol. The van der Waals surface area contributed by atoms with E-state index >= 15 is 0 Å². The van der Waals surface area contributed by atoms with E-state index in [1.807, 2.05) is 6.92 Å². The number of nitrogens with one attached hydrogen (secondary N) is 2. The van der Waals surface area contributed by atoms with Gasteiger partial charge in [0.25, 0.3) is 5.91 Å². The second kappa shape index (κ2) is 10.9. The molecule has 0 aliphatic heterocycles. The number of hydrogen-bond acceptors (Lipinski definition) is 5. The van der Waals surface area contributed by atoms with Crippen molar-refractivity contribution >= 4 is 40.8 Å². The summed E-state index contributed by atoms with van der Waals surface area (Å²) in [5.74, 6) is -0.996. The summed E-state index contributed by atoms with van der Waals surface area (Å²) in [4.78, 5) is 35.6. The van der Waals surface area contributed by atoms with Crippen molar-refractivity contribution in [3.63, 3.8) is 0 Å². The third-order valence-corrected chi connectivity index (χ3v) is 3.86. The first-order valence-corrected chi connectivity index (χ1v) is 9.09. The van der Waals surface area contributed by atoms with Gasteiger partial charge in [-0.2, -0.15) is 0 Å². The van der Waals surface area contributed by atoms with E-state index in [1.165, 1.54) is 0 Å². The Morgan fingerprint density at radius 1 is 0.893 bits per heavy atom. The van der Waals surface area contributed by atoms with E-state index in [2.05, 4.69) is 10.6 Å². The highest BCUT2D eigenvalue weighted by molar-refractivity contribution is 6.33. The predicted octanol–water partition coefficient (Wildman–Crippen LogP) is 3.64. The van der Waals surface area contributed by atoms with Crippen LogP contribution in [0, 0.1) is 0 Å². The second-order valence-corrected chi connectivity index (χ2v) is 6.07. The molecule has 0 spiro atoms. The Morgan fingerprint density at radius 3 is 2.25 bits per heavy atom. The summed E-state index contributed by atoms with van der Waals surface area (Å²) >= 11 is 5.95. The Balaban J connectivity index is 1.73. The van der Waals surface area contributed by atoms with Crippen molar-refractivity contribution in [2.24, 2.45) is 0 Å². The standard InChI is InChI=1S/C20H21ClN2O5/c1-2-27-17-10-6-5-9-16(17)23-19(25)13-28-20(26)12-11-18(24)22-15-8-4-3-7-14(15)21/h3-10H,2,11-13H2,1H3,(H,22,24)(H,23,25). The highest BCUT2D eigenvalue weighted by Crippen LogP contribution is 2.23. The molecule has 0 atom stereocenters. The zero-order valence-electron chi connectivity index (χ0n) is 15.4. The van der Waals surface area contributed by atoms with Gasteiger partial charge in [0.1, 0.15) is 5.75 Å². The van der Waals surface area contributed by atoms with E-state index in [9.17, 15) is 14.4 Å². The average molecular weight is 405 g/mol. The molecule has 0 saturated carbocycles. The maximum atomic E-state index is 12.0. The molecule has 0 aliphatic carbocycles. The van der Waals surface area contributed by atoms with Gasteiger partial charge in [0.15, 0.2) is 6.61 Å². The Hall–Kier alpha value is -3.06. The first kappa shape index (κ1) is 21.2. The van der Waals surface area contributed by atoms with Crippen molar-refractivity contribution in [2.75, 3.05) is 23.8 Å². The SMILES string of the molecule is CCOc1ccccc1NC(=O)COC(=O)CCC(=O)Nc1ccccc1Cl. The Morgan fingerprint density at radius 2 is 1.54 bits per heavy atom. The smallest absolute Gasteiger partial charge is 0.306 e. The van der Waals surface area contributed by atoms with Crippen molar-refractivity contribution in [1.82, 2.24) is 0 Å². The van der Waals surface area contributed by atoms with Crippen LogP contribution in [0.4, 0.5) is 11.4 Å². The highest BCUT2D eigenvalue weighted by atomic mass is 35.5. The van der Waals surface area contributed by atoms with Crippen molar-refractivity contribution in [3.05, 3.63) is 53.6 Å². The summed E-state index contributed by atoms with van der Waals surface area (Å²) in [6.07, 6.45) is -0.238. The summed E-state index contributed by atoms with van der Waals surface area (Å²) in [5, 5.41) is 5.63. The van der Waals surface area contributed by atoms with E-state index < -0.39 is 18.5 Å². The van der Waals surface area contributed by atoms with E-state index in [-0.39, 0.29) is 18.7 Å². The van der Waals surface area contributed by atoms with Gasteiger partial charge < -0.3 is 20.1 Å². The lowest BCUT2D eigenvalue weighted by Crippen LogP contribution is -2.22. The van der Waals surface area contributed by atoms with Crippen LogP contribution in [0.25, 0.3) is 0 Å². The van der Waals surface area contributed by atoms with Crippen molar-refractivity contribution < 1.29 is 23.9 Å². The van der Waals surface area contributed by atoms with E-state index in [4.69, 9.17) is 21.1 Å². The van der Waals surface area contributed by atoms with Crippen LogP contribution in [0.1, 0.15) is 19.8 Å². The van der Waals surface area contributed by atoms with Gasteiger partial charge in [-0.25, -0.2) is 0 Å². The molecule has 28 heavy (non-hydrogen) atoms. The fourth-order valence-electron chi connectivity index (χ4n) is 2.25. The number of hydrogen-bond donors (Lipinski definition) is 2. The minimum absolute atomic E-state index is 0.0845. The molecule has 0 aromatic heterocycles. The van der Waals surface area contributed by atoms with Crippen LogP contribution in [0.15, 0.2) is 48.5 Å². The number of amides is 2. The van der Waals surface area contributed by atoms with Crippen molar-refractivity contribution in [3.8, 4) is 5.75 Å². The Labute approximate surface area is 168 Å². The molecule has 0 aliphatic rings. The van der Waals surface area contributed by atoms with Gasteiger partial charge in [0, 0.05) is 6.42 Å². The highest BCUT2D eigenvalue weighted by Gasteiger charge is 2.13. The minimum atomic E-state index is -0.650. The molecule has 0 radical (unpaired) electrons. The van der Waals surface area contributed by atoms with Gasteiger partial charge in [-0.1, -0.05) is 35.9 Å². The van der Waals surface area contributed by atoms with Crippen LogP contribution in [0.2, 0.25) is 5.02 Å². The predicted molar refractivity (Wildman–Crippen MR) is 107 cm³/mol. The number of anilines is 2. The Bertz CT molecular complexity index is 841. The lowest BCUT2D eigenvalue weighted by molar-refractivity contribution is -0.147. The minimum Gasteiger partial charge on any atom is -0.492 e. The molecule has 2 aromatic carbocycles. The number of para-hydroxylation sites is 3. The van der Waals surface area contributed by atoms with Crippen molar-refractivity contribution in [1.29, 1.82) is 0 Å². The van der Waals surface area contributed by atoms with Gasteiger partial charge in [-0.3, -0.25) is 14.4 Å². The lowest BCUT2D eigenvalue weighted by Gasteiger charge is -2.11. The number of carbonyl (C=O) groups excluding carboxylic acids is 3. The van der Waals surface area contributed by atoms with E-state index in [1.54, 1.807) is 48.5 Å². The van der Waals surface area contributed by atoms with Crippen LogP contribution < -0.4 is 15.4 Å². The fourth-order valence-corrected chi connectivity index (χ4v) is 2.43. The maximum Gasteiger partial charge on any atom is 0.306 e. The fraction of sp³-hybridized carbons (Fsp3) is 0.250. The summed E-state index contributed by atoms with van der Waals surface area (Å²) in [7, 11) is 0. The molecule has 2 amide bonds. The molecule has 8 heteroatoms. The summed E-state index contributed by atoms with van der Waals surface area (Å²) in [6.45, 7) is 1.84. The zero-order valence-corrected chi connectivity index (χ0v) is 16.1. The molecular formula is C20H21ClN2O5. The van der Waals surface area contributed by atoms with E-state index in [0.29, 0.717) is 28.8 Å². The molecule has 148 valence electrons. The van der Waals surface area contributed by atoms with E-state index in [0.717, 1.165) is 0 Å². The second-order valence-electron chi connectivity index (χ2n) is 5.67. The molecule has 0 saturated heterocycles. The van der Waals surface area contributed by atoms with Gasteiger partial charge >= 0.3 is 5.97 Å². The molecule has 2 N–H and O–H groups in total. The van der Waals surface area contributed by atoms with Crippen molar-refractivity contribution in [2.45, 2.75) is 19.8 Å². The quantitative estimate of drug-likeness (QED) is 0.622. The third-order valence-electron chi connectivity index (χ3n) is 3.53. The number of carbonyl (C=O) groups is 3. The normalized spacial score (nSPS) is 10.1. The number of ether oxygens (including phenoxy) is 2. The maximum absolute atomic E-state index is 12.0. The largest absolute Gasteiger partial charge is 0.492 e. The van der Waals surface area contributed by atoms with Gasteiger partial charge in [0.2, 0.25) is 5.91 Å². The number of benzene rings is 2. The average Bonchev–Trinajstić information content (AvgIpc) is 2.68. The summed E-state index contributed by atoms with van der Waals surface area (Å²) in [5.41, 5.74) is 0.958. The van der Waals surface area contributed by atoms with Gasteiger partial charge in [-0.05, 0) is 31.2 Å². The number of rotatable bonds is 9. The summed E-state index contributed by atoms with van der Waals surface area (Å²) in [6, 6.07) is 13.7. The van der Waals surface area contributed by atoms with Gasteiger partial charge in [0.05, 0.1) is 29.4 Å². The van der Waals surface area contributed by atoms with Crippen LogP contribution in [-0.2, 0) is 19.1 Å². The number of halogens is 1. The first-order valence-electron chi connectivity index (χ1n) is 8.71. The molecular weight excluding hydrogens is 384 g/mol. The van der Waals surface area contributed by atoms with Gasteiger partial charge in [-0.15, -0.1) is 0 Å². The van der Waals surface area contributed by atoms with Crippen LogP contribution in [0.3, 0.4) is 0 Å². The molecule has 0 unspecified atom stereocenters. The third kappa shape index (κ3) is 6.92. The first-order chi connectivity index (χ1) is 13.5. The lowest BCUT2D eigenvalue weighted by atomic mass is 10.2. The molecule has 7 nitrogen and oxygen atoms in total. The topological polar surface area (TPSA) is 93.7 Å². The summed E-state index contributed by atoms with van der Waals surface area (Å²) < 4.78 is 10.3. The number of esters is 1. The Kier molecular flexibility index (Phi) is 8.30. The molecule has 2 aromatic rings. The van der Waals surface area contributed by atoms with Crippen LogP contribution >= 0.6 is 11.6 Å².